The van der Waals surface area contributed by atoms with Crippen LogP contribution in [0.4, 0.5) is 0 Å². The van der Waals surface area contributed by atoms with Crippen LogP contribution in [0.25, 0.3) is 0 Å². The summed E-state index contributed by atoms with van der Waals surface area (Å²) in [6.07, 6.45) is 0. The number of carbonyl (C=O) groups excluding carboxylic acids is 1. The summed E-state index contributed by atoms with van der Waals surface area (Å²) >= 11 is 32.7. The molecule has 0 heterocycles. The Morgan fingerprint density at radius 2 is 1.27 bits per heavy atom. The molecule has 0 aromatic heterocycles. The first-order valence-electron chi connectivity index (χ1n) is 10.9. The SMILES string of the molecule is C.CCOC(C)=O.COc1c(Br)cc(Cl)cc1C#N.ClCCl.N#Cc1cc(Cl)cc(Br)c1O.N#Cc1cc(Cl)ccc1O.[B]. The summed E-state index contributed by atoms with van der Waals surface area (Å²) in [5.41, 5.74) is 0.800. The lowest BCUT2D eigenvalue weighted by Gasteiger charge is -2.04. The molecule has 0 saturated heterocycles. The van der Waals surface area contributed by atoms with Crippen molar-refractivity contribution < 1.29 is 24.5 Å². The van der Waals surface area contributed by atoms with Gasteiger partial charge in [-0.3, -0.25) is 4.79 Å². The van der Waals surface area contributed by atoms with Crippen molar-refractivity contribution >= 4 is 104 Å². The number of aromatic hydroxyl groups is 2. The number of methoxy groups -OCH3 is 1. The summed E-state index contributed by atoms with van der Waals surface area (Å²) < 4.78 is 10.5. The van der Waals surface area contributed by atoms with Gasteiger partial charge in [0.25, 0.3) is 0 Å². The minimum atomic E-state index is -0.211. The molecular formula is C28H26BBr2Cl5N3O5. The molecule has 2 N–H and O–H groups in total. The highest BCUT2D eigenvalue weighted by atomic mass is 79.9. The lowest BCUT2D eigenvalue weighted by molar-refractivity contribution is -0.140. The van der Waals surface area contributed by atoms with E-state index in [1.807, 2.05) is 12.1 Å². The van der Waals surface area contributed by atoms with E-state index < -0.39 is 0 Å². The molecule has 0 aliphatic carbocycles. The Morgan fingerprint density at radius 3 is 1.64 bits per heavy atom. The molecular weight excluding hydrogens is 806 g/mol. The first-order valence-corrected chi connectivity index (χ1v) is 14.7. The van der Waals surface area contributed by atoms with Gasteiger partial charge in [-0.2, -0.15) is 15.8 Å². The van der Waals surface area contributed by atoms with E-state index in [-0.39, 0.29) is 49.8 Å². The number of nitriles is 3. The zero-order valence-corrected chi connectivity index (χ0v) is 29.6. The van der Waals surface area contributed by atoms with E-state index in [2.05, 4.69) is 36.6 Å². The van der Waals surface area contributed by atoms with Crippen LogP contribution in [0, 0.1) is 34.0 Å². The predicted molar refractivity (Wildman–Crippen MR) is 185 cm³/mol. The lowest BCUT2D eigenvalue weighted by atomic mass is 10.2. The van der Waals surface area contributed by atoms with Gasteiger partial charge in [0, 0.05) is 30.4 Å². The third kappa shape index (κ3) is 20.4. The maximum atomic E-state index is 9.82. The number of phenolic OH excluding ortho intramolecular Hbond substituents is 2. The molecule has 44 heavy (non-hydrogen) atoms. The van der Waals surface area contributed by atoms with Crippen LogP contribution in [0.3, 0.4) is 0 Å². The van der Waals surface area contributed by atoms with Gasteiger partial charge in [-0.25, -0.2) is 0 Å². The molecule has 0 saturated carbocycles. The van der Waals surface area contributed by atoms with Crippen LogP contribution < -0.4 is 4.74 Å². The smallest absolute Gasteiger partial charge is 0.302 e. The van der Waals surface area contributed by atoms with Crippen molar-refractivity contribution in [3.63, 3.8) is 0 Å². The molecule has 0 unspecified atom stereocenters. The molecule has 0 atom stereocenters. The summed E-state index contributed by atoms with van der Waals surface area (Å²) in [6, 6.07) is 16.1. The second-order valence-corrected chi connectivity index (χ2v) is 10.6. The average molecular weight is 832 g/mol. The van der Waals surface area contributed by atoms with Gasteiger partial charge in [0.05, 0.1) is 44.7 Å². The number of halogens is 7. The fourth-order valence-corrected chi connectivity index (χ4v) is 4.26. The van der Waals surface area contributed by atoms with Gasteiger partial charge in [-0.05, 0) is 81.2 Å². The minimum absolute atomic E-state index is 0. The van der Waals surface area contributed by atoms with Crippen molar-refractivity contribution in [2.45, 2.75) is 21.3 Å². The summed E-state index contributed by atoms with van der Waals surface area (Å²) in [4.78, 5) is 9.82. The first kappa shape index (κ1) is 48.4. The van der Waals surface area contributed by atoms with Crippen LogP contribution in [-0.2, 0) is 9.53 Å². The number of hydrogen-bond donors (Lipinski definition) is 2. The first-order chi connectivity index (χ1) is 19.8. The van der Waals surface area contributed by atoms with E-state index in [4.69, 9.17) is 83.6 Å². The maximum absolute atomic E-state index is 9.82. The van der Waals surface area contributed by atoms with Crippen molar-refractivity contribution in [3.8, 4) is 35.5 Å². The molecule has 3 aromatic carbocycles. The van der Waals surface area contributed by atoms with Crippen LogP contribution in [-0.4, -0.2) is 43.7 Å². The molecule has 0 fully saturated rings. The highest BCUT2D eigenvalue weighted by Crippen LogP contribution is 2.32. The van der Waals surface area contributed by atoms with E-state index in [9.17, 15) is 9.90 Å². The van der Waals surface area contributed by atoms with E-state index in [1.165, 1.54) is 44.4 Å². The number of ether oxygens (including phenoxy) is 2. The van der Waals surface area contributed by atoms with Crippen LogP contribution >= 0.6 is 89.9 Å². The van der Waals surface area contributed by atoms with Crippen LogP contribution in [0.1, 0.15) is 38.0 Å². The van der Waals surface area contributed by atoms with E-state index in [0.717, 1.165) is 0 Å². The molecule has 0 spiro atoms. The molecule has 3 aromatic rings. The molecule has 16 heteroatoms. The van der Waals surface area contributed by atoms with Gasteiger partial charge in [-0.1, -0.05) is 42.2 Å². The largest absolute Gasteiger partial charge is 0.507 e. The second-order valence-electron chi connectivity index (χ2n) is 6.77. The van der Waals surface area contributed by atoms with Gasteiger partial charge < -0.3 is 19.7 Å². The Kier molecular flexibility index (Phi) is 30.8. The van der Waals surface area contributed by atoms with Crippen molar-refractivity contribution in [2.24, 2.45) is 0 Å². The Morgan fingerprint density at radius 1 is 0.841 bits per heavy atom. The fraction of sp³-hybridized carbons (Fsp3) is 0.214. The van der Waals surface area contributed by atoms with E-state index in [0.29, 0.717) is 41.9 Å². The fourth-order valence-electron chi connectivity index (χ4n) is 2.30. The van der Waals surface area contributed by atoms with Gasteiger partial charge in [-0.15, -0.1) is 23.2 Å². The maximum Gasteiger partial charge on any atom is 0.302 e. The standard InChI is InChI=1S/C8H5BrClNO.C7H3BrClNO.C7H4ClNO.C4H8O2.CH2Cl2.CH4.B/c1-12-8-5(4-11)2-6(10)3-7(8)9;8-6-2-5(9)1-4(3-10)7(6)11;8-6-1-2-7(10)5(3-6)4-9;1-3-6-4(2)5;2-1-3;;/h2-3H,1H3;1-2,11H;1-3,10H;3H2,1-2H3;1H2;1H4;. The summed E-state index contributed by atoms with van der Waals surface area (Å²) in [5, 5.41) is 45.3. The highest BCUT2D eigenvalue weighted by molar-refractivity contribution is 9.11. The van der Waals surface area contributed by atoms with Crippen molar-refractivity contribution in [1.82, 2.24) is 0 Å². The molecule has 8 nitrogen and oxygen atoms in total. The summed E-state index contributed by atoms with van der Waals surface area (Å²) in [6.45, 7) is 3.65. The second kappa shape index (κ2) is 28.0. The summed E-state index contributed by atoms with van der Waals surface area (Å²) in [7, 11) is 1.51. The van der Waals surface area contributed by atoms with Crippen molar-refractivity contribution in [3.05, 3.63) is 83.2 Å². The number of alkyl halides is 2. The number of rotatable bonds is 2. The van der Waals surface area contributed by atoms with Gasteiger partial charge in [0.2, 0.25) is 0 Å². The van der Waals surface area contributed by atoms with E-state index >= 15 is 0 Å². The zero-order chi connectivity index (χ0) is 32.8. The number of benzene rings is 3. The molecule has 235 valence electrons. The zero-order valence-electron chi connectivity index (χ0n) is 22.6. The Balaban J connectivity index is -0.000000237. The topological polar surface area (TPSA) is 147 Å². The minimum Gasteiger partial charge on any atom is -0.507 e. The normalized spacial score (nSPS) is 8.25. The van der Waals surface area contributed by atoms with Crippen molar-refractivity contribution in [1.29, 1.82) is 15.8 Å². The number of hydrogen-bond acceptors (Lipinski definition) is 8. The number of esters is 1. The predicted octanol–water partition coefficient (Wildman–Crippen LogP) is 9.83. The monoisotopic (exact) mass is 828 g/mol. The number of carbonyl (C=O) groups is 1. The molecule has 3 radical (unpaired) electrons. The van der Waals surface area contributed by atoms with Crippen LogP contribution in [0.5, 0.6) is 17.2 Å². The number of phenols is 2. The average Bonchev–Trinajstić information content (AvgIpc) is 2.93. The molecule has 0 bridgehead atoms. The summed E-state index contributed by atoms with van der Waals surface area (Å²) in [5.74, 6) is 0.197. The van der Waals surface area contributed by atoms with E-state index in [1.54, 1.807) is 25.1 Å². The Labute approximate surface area is 301 Å². The van der Waals surface area contributed by atoms with Gasteiger partial charge in [0.15, 0.2) is 5.75 Å². The van der Waals surface area contributed by atoms with Gasteiger partial charge in [0.1, 0.15) is 29.7 Å². The Bertz CT molecular complexity index is 1450. The number of nitrogens with zero attached hydrogens (tertiary/aromatic N) is 3. The third-order valence-corrected chi connectivity index (χ3v) is 5.77. The Hall–Kier alpha value is -2.53. The molecule has 0 amide bonds. The van der Waals surface area contributed by atoms with Crippen LogP contribution in [0.2, 0.25) is 15.1 Å². The molecule has 0 aliphatic rings. The third-order valence-electron chi connectivity index (χ3n) is 3.91. The highest BCUT2D eigenvalue weighted by Gasteiger charge is 2.08. The van der Waals surface area contributed by atoms with Crippen molar-refractivity contribution in [2.75, 3.05) is 19.1 Å². The van der Waals surface area contributed by atoms with Crippen LogP contribution in [0.15, 0.2) is 51.4 Å². The van der Waals surface area contributed by atoms with Gasteiger partial charge >= 0.3 is 5.97 Å². The molecule has 0 aliphatic heterocycles. The lowest BCUT2D eigenvalue weighted by Crippen LogP contribution is -1.95. The quantitative estimate of drug-likeness (QED) is 0.147. The molecule has 3 rings (SSSR count).